The van der Waals surface area contributed by atoms with Crippen LogP contribution in [0.5, 0.6) is 0 Å². The predicted molar refractivity (Wildman–Crippen MR) is 90.2 cm³/mol. The maximum absolute atomic E-state index is 11.8. The molecule has 2 N–H and O–H groups in total. The fourth-order valence-electron chi connectivity index (χ4n) is 1.98. The predicted octanol–water partition coefficient (Wildman–Crippen LogP) is 2.44. The first-order chi connectivity index (χ1) is 10.5. The van der Waals surface area contributed by atoms with Gasteiger partial charge in [0.1, 0.15) is 0 Å². The fraction of sp³-hybridized carbons (Fsp3) is 0.500. The van der Waals surface area contributed by atoms with E-state index in [2.05, 4.69) is 29.4 Å². The third kappa shape index (κ3) is 6.03. The monoisotopic (exact) mass is 325 g/mol. The minimum atomic E-state index is -0.678. The highest BCUT2D eigenvalue weighted by Crippen LogP contribution is 2.19. The number of benzene rings is 1. The second kappa shape index (κ2) is 9.43. The molecule has 0 saturated heterocycles. The molecule has 1 rings (SSSR count). The average Bonchev–Trinajstić information content (AvgIpc) is 2.50. The van der Waals surface area contributed by atoms with Gasteiger partial charge in [0.2, 0.25) is 0 Å². The van der Waals surface area contributed by atoms with Crippen LogP contribution in [0.2, 0.25) is 5.02 Å². The summed E-state index contributed by atoms with van der Waals surface area (Å²) in [4.78, 5) is 25.8. The molecule has 1 aromatic carbocycles. The molecule has 0 saturated carbocycles. The first-order valence-electron chi connectivity index (χ1n) is 7.55. The molecular weight excluding hydrogens is 302 g/mol. The molecule has 6 heteroatoms. The van der Waals surface area contributed by atoms with Gasteiger partial charge in [-0.3, -0.25) is 9.59 Å². The van der Waals surface area contributed by atoms with Crippen molar-refractivity contribution >= 4 is 29.1 Å². The molecule has 0 unspecified atom stereocenters. The molecule has 0 fully saturated rings. The second-order valence-corrected chi connectivity index (χ2v) is 5.46. The van der Waals surface area contributed by atoms with Crippen LogP contribution in [0.1, 0.15) is 25.8 Å². The number of rotatable bonds is 7. The van der Waals surface area contributed by atoms with E-state index >= 15 is 0 Å². The van der Waals surface area contributed by atoms with E-state index in [9.17, 15) is 9.59 Å². The van der Waals surface area contributed by atoms with E-state index in [0.29, 0.717) is 17.3 Å². The van der Waals surface area contributed by atoms with Crippen molar-refractivity contribution in [1.29, 1.82) is 0 Å². The van der Waals surface area contributed by atoms with Gasteiger partial charge in [0.25, 0.3) is 0 Å². The molecule has 5 nitrogen and oxygen atoms in total. The molecule has 0 aliphatic carbocycles. The van der Waals surface area contributed by atoms with Crippen LogP contribution in [0.25, 0.3) is 0 Å². The van der Waals surface area contributed by atoms with Crippen LogP contribution >= 0.6 is 11.6 Å². The van der Waals surface area contributed by atoms with Crippen molar-refractivity contribution in [2.45, 2.75) is 27.2 Å². The van der Waals surface area contributed by atoms with Crippen LogP contribution < -0.4 is 10.6 Å². The molecule has 0 atom stereocenters. The minimum Gasteiger partial charge on any atom is -0.348 e. The Labute approximate surface area is 137 Å². The lowest BCUT2D eigenvalue weighted by atomic mass is 10.2. The Bertz CT molecular complexity index is 516. The summed E-state index contributed by atoms with van der Waals surface area (Å²) in [6, 6.07) is 5.13. The van der Waals surface area contributed by atoms with Crippen LogP contribution in [-0.2, 0) is 9.59 Å². The highest BCUT2D eigenvalue weighted by atomic mass is 35.5. The number of hydrogen-bond donors (Lipinski definition) is 2. The Kier molecular flexibility index (Phi) is 7.91. The molecule has 0 heterocycles. The molecular formula is C16H24ClN3O2. The molecule has 2 amide bonds. The number of carbonyl (C=O) groups is 2. The third-order valence-corrected chi connectivity index (χ3v) is 3.87. The van der Waals surface area contributed by atoms with Gasteiger partial charge in [0, 0.05) is 17.3 Å². The summed E-state index contributed by atoms with van der Waals surface area (Å²) in [5, 5.41) is 5.71. The van der Waals surface area contributed by atoms with Gasteiger partial charge in [-0.2, -0.15) is 0 Å². The Morgan fingerprint density at radius 2 is 1.86 bits per heavy atom. The lowest BCUT2D eigenvalue weighted by molar-refractivity contribution is -0.136. The number of carbonyl (C=O) groups excluding carboxylic acids is 2. The topological polar surface area (TPSA) is 61.4 Å². The summed E-state index contributed by atoms with van der Waals surface area (Å²) >= 11 is 5.98. The van der Waals surface area contributed by atoms with Gasteiger partial charge in [-0.1, -0.05) is 31.5 Å². The first-order valence-corrected chi connectivity index (χ1v) is 7.93. The van der Waals surface area contributed by atoms with E-state index < -0.39 is 11.8 Å². The quantitative estimate of drug-likeness (QED) is 0.598. The maximum Gasteiger partial charge on any atom is 0.313 e. The van der Waals surface area contributed by atoms with Gasteiger partial charge in [-0.15, -0.1) is 0 Å². The number of anilines is 1. The Balaban J connectivity index is 2.36. The van der Waals surface area contributed by atoms with E-state index in [1.807, 2.05) is 6.92 Å². The highest BCUT2D eigenvalue weighted by Gasteiger charge is 2.13. The molecule has 0 bridgehead atoms. The number of nitrogens with zero attached hydrogens (tertiary/aromatic N) is 1. The van der Waals surface area contributed by atoms with E-state index in [-0.39, 0.29) is 0 Å². The average molecular weight is 326 g/mol. The summed E-state index contributed by atoms with van der Waals surface area (Å²) in [6.07, 6.45) is 0.817. The number of hydrogen-bond acceptors (Lipinski definition) is 3. The van der Waals surface area contributed by atoms with Gasteiger partial charge < -0.3 is 15.5 Å². The molecule has 0 radical (unpaired) electrons. The van der Waals surface area contributed by atoms with Crippen LogP contribution in [0.3, 0.4) is 0 Å². The zero-order valence-electron chi connectivity index (χ0n) is 13.4. The van der Waals surface area contributed by atoms with E-state index in [1.165, 1.54) is 0 Å². The van der Waals surface area contributed by atoms with Crippen molar-refractivity contribution < 1.29 is 9.59 Å². The second-order valence-electron chi connectivity index (χ2n) is 5.05. The normalized spacial score (nSPS) is 10.6. The van der Waals surface area contributed by atoms with Crippen molar-refractivity contribution in [2.75, 3.05) is 31.5 Å². The summed E-state index contributed by atoms with van der Waals surface area (Å²) in [6.45, 7) is 9.43. The Hall–Kier alpha value is -1.59. The van der Waals surface area contributed by atoms with E-state index in [0.717, 1.165) is 31.6 Å². The van der Waals surface area contributed by atoms with Crippen LogP contribution in [0.4, 0.5) is 5.69 Å². The van der Waals surface area contributed by atoms with Gasteiger partial charge in [0.05, 0.1) is 0 Å². The van der Waals surface area contributed by atoms with Crippen LogP contribution in [-0.4, -0.2) is 42.9 Å². The van der Waals surface area contributed by atoms with Crippen molar-refractivity contribution in [3.05, 3.63) is 28.8 Å². The van der Waals surface area contributed by atoms with Crippen LogP contribution in [0, 0.1) is 6.92 Å². The maximum atomic E-state index is 11.8. The first kappa shape index (κ1) is 18.5. The van der Waals surface area contributed by atoms with Gasteiger partial charge in [0.15, 0.2) is 0 Å². The van der Waals surface area contributed by atoms with Gasteiger partial charge in [-0.25, -0.2) is 0 Å². The number of nitrogens with one attached hydrogen (secondary N) is 2. The number of amides is 2. The summed E-state index contributed by atoms with van der Waals surface area (Å²) in [7, 11) is 0. The summed E-state index contributed by atoms with van der Waals surface area (Å²) in [5.74, 6) is -1.31. The van der Waals surface area contributed by atoms with Gasteiger partial charge in [-0.05, 0) is 50.7 Å². The third-order valence-electron chi connectivity index (χ3n) is 3.47. The fourth-order valence-corrected chi connectivity index (χ4v) is 2.16. The van der Waals surface area contributed by atoms with Crippen molar-refractivity contribution in [1.82, 2.24) is 10.2 Å². The molecule has 1 aromatic rings. The summed E-state index contributed by atoms with van der Waals surface area (Å²) < 4.78 is 0. The SMILES string of the molecule is CCN(CC)CCCNC(=O)C(=O)Nc1ccc(C)c(Cl)c1. The minimum absolute atomic E-state index is 0.484. The molecule has 122 valence electrons. The Morgan fingerprint density at radius 3 is 2.45 bits per heavy atom. The molecule has 22 heavy (non-hydrogen) atoms. The number of halogens is 1. The van der Waals surface area contributed by atoms with Crippen molar-refractivity contribution in [3.63, 3.8) is 0 Å². The lowest BCUT2D eigenvalue weighted by Crippen LogP contribution is -2.37. The van der Waals surface area contributed by atoms with E-state index in [1.54, 1.807) is 18.2 Å². The number of aryl methyl sites for hydroxylation is 1. The smallest absolute Gasteiger partial charge is 0.313 e. The molecule has 0 spiro atoms. The summed E-state index contributed by atoms with van der Waals surface area (Å²) in [5.41, 5.74) is 1.43. The van der Waals surface area contributed by atoms with Crippen LogP contribution in [0.15, 0.2) is 18.2 Å². The largest absolute Gasteiger partial charge is 0.348 e. The van der Waals surface area contributed by atoms with E-state index in [4.69, 9.17) is 11.6 Å². The zero-order valence-corrected chi connectivity index (χ0v) is 14.2. The molecule has 0 aliphatic rings. The Morgan fingerprint density at radius 1 is 1.18 bits per heavy atom. The van der Waals surface area contributed by atoms with Crippen molar-refractivity contribution in [3.8, 4) is 0 Å². The standard InChI is InChI=1S/C16H24ClN3O2/c1-4-20(5-2)10-6-9-18-15(21)16(22)19-13-8-7-12(3)14(17)11-13/h7-8,11H,4-6,9-10H2,1-3H3,(H,18,21)(H,19,22). The lowest BCUT2D eigenvalue weighted by Gasteiger charge is -2.17. The van der Waals surface area contributed by atoms with Gasteiger partial charge >= 0.3 is 11.8 Å². The zero-order chi connectivity index (χ0) is 16.5. The molecule has 0 aromatic heterocycles. The van der Waals surface area contributed by atoms with Crippen molar-refractivity contribution in [2.24, 2.45) is 0 Å². The highest BCUT2D eigenvalue weighted by molar-refractivity contribution is 6.39. The molecule has 0 aliphatic heterocycles.